The summed E-state index contributed by atoms with van der Waals surface area (Å²) in [4.78, 5) is 15.5. The molecule has 0 saturated heterocycles. The lowest BCUT2D eigenvalue weighted by atomic mass is 9.90. The van der Waals surface area contributed by atoms with Crippen LogP contribution in [0.5, 0.6) is 0 Å². The monoisotopic (exact) mass is 316 g/mol. The van der Waals surface area contributed by atoms with E-state index in [1.54, 1.807) is 23.3 Å². The minimum atomic E-state index is -0.404. The quantitative estimate of drug-likeness (QED) is 0.602. The SMILES string of the molecule is O=CC(c1ccc(C2CCCCCC2)cc1Cl)n1ccnc1. The highest BCUT2D eigenvalue weighted by molar-refractivity contribution is 6.31. The molecule has 0 aliphatic heterocycles. The Kier molecular flexibility index (Phi) is 4.94. The van der Waals surface area contributed by atoms with E-state index in [0.29, 0.717) is 10.9 Å². The van der Waals surface area contributed by atoms with Crippen molar-refractivity contribution in [3.8, 4) is 0 Å². The fraction of sp³-hybridized carbons (Fsp3) is 0.444. The number of benzene rings is 1. The summed E-state index contributed by atoms with van der Waals surface area (Å²) in [5, 5.41) is 0.674. The molecule has 0 bridgehead atoms. The summed E-state index contributed by atoms with van der Waals surface area (Å²) < 4.78 is 1.78. The molecule has 0 radical (unpaired) electrons. The van der Waals surface area contributed by atoms with Crippen LogP contribution < -0.4 is 0 Å². The van der Waals surface area contributed by atoms with Gasteiger partial charge in [0.25, 0.3) is 0 Å². The first-order valence-corrected chi connectivity index (χ1v) is 8.39. The Labute approximate surface area is 136 Å². The third-order valence-corrected chi connectivity index (χ3v) is 4.97. The molecule has 0 N–H and O–H groups in total. The molecular formula is C18H21ClN2O. The maximum Gasteiger partial charge on any atom is 0.147 e. The van der Waals surface area contributed by atoms with Crippen molar-refractivity contribution < 1.29 is 4.79 Å². The molecule has 1 aliphatic carbocycles. The fourth-order valence-electron chi connectivity index (χ4n) is 3.39. The lowest BCUT2D eigenvalue weighted by Gasteiger charge is -2.18. The van der Waals surface area contributed by atoms with Gasteiger partial charge in [-0.15, -0.1) is 0 Å². The first kappa shape index (κ1) is 15.3. The van der Waals surface area contributed by atoms with Crippen molar-refractivity contribution in [3.63, 3.8) is 0 Å². The average molecular weight is 317 g/mol. The van der Waals surface area contributed by atoms with Gasteiger partial charge in [-0.05, 0) is 30.4 Å². The second kappa shape index (κ2) is 7.10. The summed E-state index contributed by atoms with van der Waals surface area (Å²) in [6.45, 7) is 0. The van der Waals surface area contributed by atoms with Gasteiger partial charge in [0, 0.05) is 23.0 Å². The number of carbonyl (C=O) groups is 1. The highest BCUT2D eigenvalue weighted by Crippen LogP contribution is 2.35. The first-order chi connectivity index (χ1) is 10.8. The van der Waals surface area contributed by atoms with Crippen molar-refractivity contribution >= 4 is 17.9 Å². The number of rotatable bonds is 4. The lowest BCUT2D eigenvalue weighted by Crippen LogP contribution is -2.11. The summed E-state index contributed by atoms with van der Waals surface area (Å²) >= 11 is 6.49. The molecule has 3 nitrogen and oxygen atoms in total. The molecule has 22 heavy (non-hydrogen) atoms. The summed E-state index contributed by atoms with van der Waals surface area (Å²) in [5.74, 6) is 0.608. The summed E-state index contributed by atoms with van der Waals surface area (Å²) in [6.07, 6.45) is 13.8. The van der Waals surface area contributed by atoms with Gasteiger partial charge >= 0.3 is 0 Å². The van der Waals surface area contributed by atoms with Crippen LogP contribution in [0.15, 0.2) is 36.9 Å². The largest absolute Gasteiger partial charge is 0.323 e. The molecular weight excluding hydrogens is 296 g/mol. The van der Waals surface area contributed by atoms with Gasteiger partial charge in [-0.1, -0.05) is 49.4 Å². The molecule has 1 saturated carbocycles. The number of carbonyl (C=O) groups excluding carboxylic acids is 1. The zero-order valence-corrected chi connectivity index (χ0v) is 13.4. The van der Waals surface area contributed by atoms with Gasteiger partial charge in [0.1, 0.15) is 12.3 Å². The van der Waals surface area contributed by atoms with Gasteiger partial charge in [-0.25, -0.2) is 4.98 Å². The van der Waals surface area contributed by atoms with E-state index in [1.807, 2.05) is 6.07 Å². The number of halogens is 1. The number of imidazole rings is 1. The summed E-state index contributed by atoms with van der Waals surface area (Å²) in [7, 11) is 0. The highest BCUT2D eigenvalue weighted by Gasteiger charge is 2.19. The van der Waals surface area contributed by atoms with E-state index >= 15 is 0 Å². The Morgan fingerprint density at radius 2 is 2.00 bits per heavy atom. The second-order valence-electron chi connectivity index (χ2n) is 6.06. The molecule has 1 unspecified atom stereocenters. The minimum Gasteiger partial charge on any atom is -0.323 e. The van der Waals surface area contributed by atoms with Crippen molar-refractivity contribution in [2.24, 2.45) is 0 Å². The third kappa shape index (κ3) is 3.25. The smallest absolute Gasteiger partial charge is 0.147 e. The van der Waals surface area contributed by atoms with Gasteiger partial charge in [0.15, 0.2) is 0 Å². The van der Waals surface area contributed by atoms with E-state index in [0.717, 1.165) is 11.8 Å². The van der Waals surface area contributed by atoms with E-state index < -0.39 is 6.04 Å². The molecule has 4 heteroatoms. The molecule has 1 fully saturated rings. The van der Waals surface area contributed by atoms with E-state index in [2.05, 4.69) is 17.1 Å². The number of nitrogens with zero attached hydrogens (tertiary/aromatic N) is 2. The van der Waals surface area contributed by atoms with Crippen LogP contribution in [-0.2, 0) is 4.79 Å². The van der Waals surface area contributed by atoms with Crippen LogP contribution in [0, 0.1) is 0 Å². The number of aldehydes is 1. The Hall–Kier alpha value is -1.61. The Balaban J connectivity index is 1.86. The minimum absolute atomic E-state index is 0.404. The van der Waals surface area contributed by atoms with Gasteiger partial charge in [-0.3, -0.25) is 0 Å². The van der Waals surface area contributed by atoms with E-state index in [-0.39, 0.29) is 0 Å². The molecule has 1 aromatic heterocycles. The Morgan fingerprint density at radius 1 is 1.23 bits per heavy atom. The van der Waals surface area contributed by atoms with Crippen LogP contribution in [0.2, 0.25) is 5.02 Å². The normalized spacial score (nSPS) is 17.9. The maximum absolute atomic E-state index is 11.5. The molecule has 2 aromatic rings. The molecule has 1 aromatic carbocycles. The van der Waals surface area contributed by atoms with Crippen LogP contribution in [-0.4, -0.2) is 15.8 Å². The van der Waals surface area contributed by atoms with Crippen LogP contribution >= 0.6 is 11.6 Å². The van der Waals surface area contributed by atoms with Gasteiger partial charge < -0.3 is 9.36 Å². The van der Waals surface area contributed by atoms with E-state index in [9.17, 15) is 4.79 Å². The molecule has 1 heterocycles. The summed E-state index contributed by atoms with van der Waals surface area (Å²) in [5.41, 5.74) is 2.15. The van der Waals surface area contributed by atoms with Crippen molar-refractivity contribution in [3.05, 3.63) is 53.1 Å². The fourth-order valence-corrected chi connectivity index (χ4v) is 3.69. The predicted octanol–water partition coefficient (Wildman–Crippen LogP) is 4.76. The van der Waals surface area contributed by atoms with Gasteiger partial charge in [-0.2, -0.15) is 0 Å². The van der Waals surface area contributed by atoms with Gasteiger partial charge in [0.2, 0.25) is 0 Å². The van der Waals surface area contributed by atoms with Crippen molar-refractivity contribution in [2.45, 2.75) is 50.5 Å². The van der Waals surface area contributed by atoms with Crippen LogP contribution in [0.25, 0.3) is 0 Å². The Bertz CT molecular complexity index is 616. The molecule has 3 rings (SSSR count). The van der Waals surface area contributed by atoms with Crippen molar-refractivity contribution in [1.82, 2.24) is 9.55 Å². The number of hydrogen-bond donors (Lipinski definition) is 0. The zero-order chi connectivity index (χ0) is 15.4. The topological polar surface area (TPSA) is 34.9 Å². The molecule has 1 atom stereocenters. The first-order valence-electron chi connectivity index (χ1n) is 8.01. The van der Waals surface area contributed by atoms with Crippen molar-refractivity contribution in [1.29, 1.82) is 0 Å². The molecule has 1 aliphatic rings. The summed E-state index contributed by atoms with van der Waals surface area (Å²) in [6, 6.07) is 5.80. The number of aromatic nitrogens is 2. The maximum atomic E-state index is 11.5. The van der Waals surface area contributed by atoms with E-state index in [1.165, 1.54) is 44.1 Å². The predicted molar refractivity (Wildman–Crippen MR) is 88.3 cm³/mol. The second-order valence-corrected chi connectivity index (χ2v) is 6.47. The molecule has 0 amide bonds. The van der Waals surface area contributed by atoms with Gasteiger partial charge in [0.05, 0.1) is 6.33 Å². The van der Waals surface area contributed by atoms with Crippen LogP contribution in [0.4, 0.5) is 0 Å². The molecule has 0 spiro atoms. The Morgan fingerprint density at radius 3 is 2.59 bits per heavy atom. The number of hydrogen-bond acceptors (Lipinski definition) is 2. The average Bonchev–Trinajstić information content (AvgIpc) is 2.91. The standard InChI is InChI=1S/C18H21ClN2O/c19-17-11-15(14-5-3-1-2-4-6-14)7-8-16(17)18(12-22)21-10-9-20-13-21/h7-14,18H,1-6H2. The van der Waals surface area contributed by atoms with E-state index in [4.69, 9.17) is 11.6 Å². The van der Waals surface area contributed by atoms with Crippen molar-refractivity contribution in [2.75, 3.05) is 0 Å². The lowest BCUT2D eigenvalue weighted by molar-refractivity contribution is -0.109. The van der Waals surface area contributed by atoms with Crippen LogP contribution in [0.3, 0.4) is 0 Å². The third-order valence-electron chi connectivity index (χ3n) is 4.64. The zero-order valence-electron chi connectivity index (χ0n) is 12.6. The highest BCUT2D eigenvalue weighted by atomic mass is 35.5. The molecule has 116 valence electrons. The van der Waals surface area contributed by atoms with Crippen LogP contribution in [0.1, 0.15) is 61.6 Å².